The average molecular weight is 518 g/mol. The van der Waals surface area contributed by atoms with Crippen molar-refractivity contribution < 1.29 is 36.2 Å². The third-order valence-electron chi connectivity index (χ3n) is 4.48. The minimum Gasteiger partial charge on any atom is -0.488 e. The van der Waals surface area contributed by atoms with Gasteiger partial charge in [-0.25, -0.2) is 0 Å². The summed E-state index contributed by atoms with van der Waals surface area (Å²) in [5.74, 6) is -6.12. The Morgan fingerprint density at radius 1 is 1.06 bits per heavy atom. The Morgan fingerprint density at radius 3 is 2.23 bits per heavy atom. The van der Waals surface area contributed by atoms with Gasteiger partial charge in [0.1, 0.15) is 11.3 Å². The van der Waals surface area contributed by atoms with Crippen LogP contribution >= 0.6 is 11.8 Å². The highest BCUT2D eigenvalue weighted by molar-refractivity contribution is 7.98. The Balaban J connectivity index is 2.55. The number of amides is 1. The summed E-state index contributed by atoms with van der Waals surface area (Å²) in [5.41, 5.74) is 8.05. The summed E-state index contributed by atoms with van der Waals surface area (Å²) in [5, 5.41) is 2.41. The molecule has 5 N–H and O–H groups in total. The second-order valence-corrected chi connectivity index (χ2v) is 8.30. The van der Waals surface area contributed by atoms with Gasteiger partial charge in [-0.3, -0.25) is 4.79 Å². The minimum absolute atomic E-state index is 0.248. The summed E-state index contributed by atoms with van der Waals surface area (Å²) in [7, 11) is 0. The minimum atomic E-state index is -5.00. The molecule has 1 amide bonds. The number of alkyl halides is 3. The number of halogens is 5. The molecule has 190 valence electrons. The van der Waals surface area contributed by atoms with Crippen LogP contribution in [0.3, 0.4) is 0 Å². The fraction of sp³-hybridized carbons (Fsp3) is 0.261. The molecular formula is C23H24F5N3O3S. The molecule has 2 aromatic carbocycles. The van der Waals surface area contributed by atoms with E-state index in [4.69, 9.17) is 20.9 Å². The number of allylic oxidation sites excluding steroid dienone is 1. The SMILES string of the molecule is CSc1cccc(NC(=O)C(=C(/N)Oc2ccc(OC(C)C)c(F)c2F)/C(C)=C(\N)C(F)(F)F)c1. The first-order valence-corrected chi connectivity index (χ1v) is 11.3. The van der Waals surface area contributed by atoms with E-state index in [0.717, 1.165) is 24.0 Å². The first-order valence-electron chi connectivity index (χ1n) is 10.1. The summed E-state index contributed by atoms with van der Waals surface area (Å²) in [6, 6.07) is 8.47. The lowest BCUT2D eigenvalue weighted by Crippen LogP contribution is -2.27. The van der Waals surface area contributed by atoms with Crippen molar-refractivity contribution in [2.75, 3.05) is 11.6 Å². The zero-order chi connectivity index (χ0) is 26.5. The summed E-state index contributed by atoms with van der Waals surface area (Å²) >= 11 is 1.37. The number of carbonyl (C=O) groups excluding carboxylic acids is 1. The van der Waals surface area contributed by atoms with Crippen LogP contribution in [0.2, 0.25) is 0 Å². The molecule has 0 bridgehead atoms. The van der Waals surface area contributed by atoms with E-state index < -0.39 is 64.0 Å². The lowest BCUT2D eigenvalue weighted by molar-refractivity contribution is -0.112. The molecule has 0 aliphatic carbocycles. The topological polar surface area (TPSA) is 99.6 Å². The highest BCUT2D eigenvalue weighted by atomic mass is 32.2. The molecule has 0 aliphatic heterocycles. The molecule has 0 heterocycles. The first-order chi connectivity index (χ1) is 16.3. The van der Waals surface area contributed by atoms with Crippen molar-refractivity contribution >= 4 is 23.4 Å². The van der Waals surface area contributed by atoms with E-state index in [9.17, 15) is 26.7 Å². The third-order valence-corrected chi connectivity index (χ3v) is 5.20. The number of ether oxygens (including phenoxy) is 2. The smallest absolute Gasteiger partial charge is 0.431 e. The van der Waals surface area contributed by atoms with E-state index in [1.807, 2.05) is 0 Å². The summed E-state index contributed by atoms with van der Waals surface area (Å²) in [6.45, 7) is 4.10. The number of carbonyl (C=O) groups is 1. The Kier molecular flexibility index (Phi) is 9.02. The molecule has 0 spiro atoms. The van der Waals surface area contributed by atoms with Gasteiger partial charge in [-0.15, -0.1) is 11.8 Å². The Morgan fingerprint density at radius 2 is 1.66 bits per heavy atom. The molecule has 35 heavy (non-hydrogen) atoms. The van der Waals surface area contributed by atoms with Gasteiger partial charge >= 0.3 is 6.18 Å². The average Bonchev–Trinajstić information content (AvgIpc) is 2.77. The van der Waals surface area contributed by atoms with Crippen molar-refractivity contribution in [1.29, 1.82) is 0 Å². The highest BCUT2D eigenvalue weighted by Gasteiger charge is 2.36. The molecule has 0 saturated heterocycles. The van der Waals surface area contributed by atoms with Crippen LogP contribution in [-0.4, -0.2) is 24.4 Å². The molecule has 0 aliphatic rings. The number of hydrogen-bond donors (Lipinski definition) is 3. The first kappa shape index (κ1) is 27.8. The van der Waals surface area contributed by atoms with Crippen LogP contribution in [0.5, 0.6) is 11.5 Å². The summed E-state index contributed by atoms with van der Waals surface area (Å²) in [4.78, 5) is 13.7. The number of anilines is 1. The largest absolute Gasteiger partial charge is 0.488 e. The maximum atomic E-state index is 14.5. The van der Waals surface area contributed by atoms with Gasteiger partial charge in [0.05, 0.1) is 6.10 Å². The van der Waals surface area contributed by atoms with Crippen molar-refractivity contribution in [3.8, 4) is 11.5 Å². The Hall–Kier alpha value is -3.41. The predicted molar refractivity (Wildman–Crippen MR) is 124 cm³/mol. The van der Waals surface area contributed by atoms with Crippen LogP contribution in [0.4, 0.5) is 27.6 Å². The van der Waals surface area contributed by atoms with Gasteiger partial charge < -0.3 is 26.3 Å². The third kappa shape index (κ3) is 7.04. The lowest BCUT2D eigenvalue weighted by atomic mass is 10.0. The second-order valence-electron chi connectivity index (χ2n) is 7.42. The molecule has 12 heteroatoms. The number of nitrogens with two attached hydrogens (primary N) is 2. The van der Waals surface area contributed by atoms with E-state index in [2.05, 4.69) is 5.32 Å². The number of thioether (sulfide) groups is 1. The van der Waals surface area contributed by atoms with Crippen LogP contribution in [0.25, 0.3) is 0 Å². The zero-order valence-corrected chi connectivity index (χ0v) is 20.0. The van der Waals surface area contributed by atoms with Crippen LogP contribution in [0.1, 0.15) is 20.8 Å². The maximum Gasteiger partial charge on any atom is 0.431 e. The number of hydrogen-bond acceptors (Lipinski definition) is 6. The van der Waals surface area contributed by atoms with Crippen molar-refractivity contribution in [1.82, 2.24) is 0 Å². The van der Waals surface area contributed by atoms with Gasteiger partial charge in [-0.2, -0.15) is 22.0 Å². The Bertz CT molecular complexity index is 1160. The molecule has 6 nitrogen and oxygen atoms in total. The monoisotopic (exact) mass is 517 g/mol. The highest BCUT2D eigenvalue weighted by Crippen LogP contribution is 2.32. The molecule has 0 radical (unpaired) electrons. The zero-order valence-electron chi connectivity index (χ0n) is 19.2. The van der Waals surface area contributed by atoms with Crippen LogP contribution in [0.15, 0.2) is 64.0 Å². The van der Waals surface area contributed by atoms with E-state index in [1.165, 1.54) is 17.8 Å². The van der Waals surface area contributed by atoms with Crippen molar-refractivity contribution in [3.05, 3.63) is 70.8 Å². The molecule has 0 aromatic heterocycles. The van der Waals surface area contributed by atoms with Gasteiger partial charge in [-0.05, 0) is 62.9 Å². The van der Waals surface area contributed by atoms with Gasteiger partial charge in [0.25, 0.3) is 5.91 Å². The second kappa shape index (κ2) is 11.3. The summed E-state index contributed by atoms with van der Waals surface area (Å²) in [6.07, 6.45) is -3.67. The molecular weight excluding hydrogens is 493 g/mol. The van der Waals surface area contributed by atoms with E-state index in [0.29, 0.717) is 0 Å². The van der Waals surface area contributed by atoms with Crippen molar-refractivity contribution in [2.45, 2.75) is 37.9 Å². The molecule has 0 unspecified atom stereocenters. The fourth-order valence-electron chi connectivity index (χ4n) is 2.82. The van der Waals surface area contributed by atoms with Crippen molar-refractivity contribution in [3.63, 3.8) is 0 Å². The van der Waals surface area contributed by atoms with E-state index in [-0.39, 0.29) is 5.69 Å². The van der Waals surface area contributed by atoms with Gasteiger partial charge in [0.15, 0.2) is 11.5 Å². The van der Waals surface area contributed by atoms with Crippen molar-refractivity contribution in [2.24, 2.45) is 11.5 Å². The predicted octanol–water partition coefficient (Wildman–Crippen LogP) is 5.46. The summed E-state index contributed by atoms with van der Waals surface area (Å²) < 4.78 is 78.9. The lowest BCUT2D eigenvalue weighted by Gasteiger charge is -2.18. The number of nitrogens with one attached hydrogen (secondary N) is 1. The molecule has 0 fully saturated rings. The van der Waals surface area contributed by atoms with Crippen LogP contribution < -0.4 is 26.3 Å². The van der Waals surface area contributed by atoms with E-state index >= 15 is 0 Å². The number of benzene rings is 2. The fourth-order valence-corrected chi connectivity index (χ4v) is 3.28. The standard InChI is InChI=1S/C23H24F5N3O3S/c1-11(2)33-15-8-9-16(19(25)18(15)24)34-21(30)17(12(3)20(29)23(26,27)28)22(32)31-13-6-5-7-14(10-13)35-4/h5-11H,29-30H2,1-4H3,(H,31,32)/b20-12-,21-17-. The number of rotatable bonds is 8. The van der Waals surface area contributed by atoms with Gasteiger partial charge in [0, 0.05) is 10.6 Å². The van der Waals surface area contributed by atoms with Crippen LogP contribution in [-0.2, 0) is 4.79 Å². The normalized spacial score (nSPS) is 13.2. The molecule has 2 rings (SSSR count). The van der Waals surface area contributed by atoms with Gasteiger partial charge in [0.2, 0.25) is 17.5 Å². The molecule has 2 aromatic rings. The van der Waals surface area contributed by atoms with Crippen LogP contribution in [0, 0.1) is 11.6 Å². The van der Waals surface area contributed by atoms with Gasteiger partial charge in [-0.1, -0.05) is 6.07 Å². The molecule has 0 atom stereocenters. The van der Waals surface area contributed by atoms with E-state index in [1.54, 1.807) is 38.3 Å². The molecule has 0 saturated carbocycles. The Labute approximate surface area is 203 Å². The quantitative estimate of drug-likeness (QED) is 0.141. The maximum absolute atomic E-state index is 14.5.